The van der Waals surface area contributed by atoms with Gasteiger partial charge in [-0.15, -0.1) is 11.3 Å². The highest BCUT2D eigenvalue weighted by atomic mass is 32.1. The summed E-state index contributed by atoms with van der Waals surface area (Å²) >= 11 is 1.52. The van der Waals surface area contributed by atoms with Crippen LogP contribution in [-0.4, -0.2) is 66.6 Å². The third-order valence-corrected chi connectivity index (χ3v) is 7.63. The number of hydrogen-bond donors (Lipinski definition) is 1. The summed E-state index contributed by atoms with van der Waals surface area (Å²) in [7, 11) is 5.36. The zero-order chi connectivity index (χ0) is 28.7. The lowest BCUT2D eigenvalue weighted by Gasteiger charge is -2.26. The lowest BCUT2D eigenvalue weighted by atomic mass is 10.1. The number of rotatable bonds is 6. The molecule has 0 saturated carbocycles. The Balaban J connectivity index is 1.20. The number of ether oxygens (including phenoxy) is 4. The Kier molecular flexibility index (Phi) is 6.91. The Morgan fingerprint density at radius 3 is 2.73 bits per heavy atom. The van der Waals surface area contributed by atoms with Crippen LogP contribution in [0.3, 0.4) is 0 Å². The van der Waals surface area contributed by atoms with Crippen LogP contribution in [0.25, 0.3) is 31.8 Å². The number of hydrogen-bond acceptors (Lipinski definition) is 11. The van der Waals surface area contributed by atoms with Crippen LogP contribution in [0.5, 0.6) is 17.4 Å². The zero-order valence-corrected chi connectivity index (χ0v) is 24.0. The van der Waals surface area contributed by atoms with Crippen LogP contribution < -0.4 is 24.4 Å². The van der Waals surface area contributed by atoms with Crippen LogP contribution in [0.4, 0.5) is 16.3 Å². The molecular weight excluding hydrogens is 544 g/mol. The number of aryl methyl sites for hydroxylation is 2. The lowest BCUT2D eigenvalue weighted by molar-refractivity contribution is 0.0383. The van der Waals surface area contributed by atoms with Crippen molar-refractivity contribution in [2.75, 3.05) is 44.6 Å². The number of anilines is 2. The number of amides is 1. The van der Waals surface area contributed by atoms with E-state index in [1.54, 1.807) is 25.6 Å². The van der Waals surface area contributed by atoms with E-state index in [4.69, 9.17) is 23.9 Å². The van der Waals surface area contributed by atoms with Gasteiger partial charge in [-0.05, 0) is 55.3 Å². The fraction of sp³-hybridized carbons (Fsp3) is 0.276. The smallest absolute Gasteiger partial charge is 0.411 e. The maximum atomic E-state index is 12.3. The minimum absolute atomic E-state index is 0.0247. The van der Waals surface area contributed by atoms with Gasteiger partial charge >= 0.3 is 6.09 Å². The molecule has 1 unspecified atom stereocenters. The van der Waals surface area contributed by atoms with Gasteiger partial charge in [0.25, 0.3) is 0 Å². The summed E-state index contributed by atoms with van der Waals surface area (Å²) in [5.74, 6) is 2.47. The molecule has 0 saturated heterocycles. The first kappa shape index (κ1) is 26.5. The van der Waals surface area contributed by atoms with E-state index in [-0.39, 0.29) is 13.2 Å². The van der Waals surface area contributed by atoms with Crippen molar-refractivity contribution in [3.05, 3.63) is 53.9 Å². The average Bonchev–Trinajstić information content (AvgIpc) is 3.42. The standard InChI is InChI=1S/C29H28N6O5S/c1-15-8-19(25-20(9-15)33-23(37-5)12-31-25)28-34-24-16(2)10-21-26(27(24)41-28)38-13-18(40-21)14-39-29(36)32-17-6-7-22(30-11-17)35(3)4/h6-12,18H,13-14H2,1-5H3,(H,32,36). The van der Waals surface area contributed by atoms with Crippen molar-refractivity contribution in [2.24, 2.45) is 0 Å². The van der Waals surface area contributed by atoms with Crippen LogP contribution in [0.2, 0.25) is 0 Å². The van der Waals surface area contributed by atoms with Gasteiger partial charge in [0, 0.05) is 19.7 Å². The molecule has 12 heteroatoms. The van der Waals surface area contributed by atoms with Crippen molar-refractivity contribution in [3.8, 4) is 28.0 Å². The first-order valence-corrected chi connectivity index (χ1v) is 13.7. The molecule has 5 aromatic rings. The van der Waals surface area contributed by atoms with Gasteiger partial charge in [-0.1, -0.05) is 0 Å². The van der Waals surface area contributed by atoms with Gasteiger partial charge in [0.1, 0.15) is 28.7 Å². The van der Waals surface area contributed by atoms with Crippen molar-refractivity contribution in [1.82, 2.24) is 19.9 Å². The van der Waals surface area contributed by atoms with E-state index in [2.05, 4.69) is 26.3 Å². The molecule has 0 fully saturated rings. The number of nitrogens with one attached hydrogen (secondary N) is 1. The molecule has 1 aliphatic heterocycles. The van der Waals surface area contributed by atoms with Crippen LogP contribution >= 0.6 is 11.3 Å². The van der Waals surface area contributed by atoms with Gasteiger partial charge in [0.2, 0.25) is 5.88 Å². The number of carbonyl (C=O) groups is 1. The quantitative estimate of drug-likeness (QED) is 0.284. The van der Waals surface area contributed by atoms with Gasteiger partial charge < -0.3 is 23.8 Å². The SMILES string of the molecule is COc1cnc2c(-c3nc4c(C)cc5c(c4s3)OCC(COC(=O)Nc3ccc(N(C)C)nc3)O5)cc(C)cc2n1. The summed E-state index contributed by atoms with van der Waals surface area (Å²) in [4.78, 5) is 32.6. The number of methoxy groups -OCH3 is 1. The van der Waals surface area contributed by atoms with E-state index in [1.165, 1.54) is 11.3 Å². The maximum absolute atomic E-state index is 12.3. The van der Waals surface area contributed by atoms with Gasteiger partial charge in [0.15, 0.2) is 17.6 Å². The average molecular weight is 573 g/mol. The van der Waals surface area contributed by atoms with Gasteiger partial charge in [-0.2, -0.15) is 0 Å². The number of pyridine rings is 1. The Morgan fingerprint density at radius 1 is 1.12 bits per heavy atom. The van der Waals surface area contributed by atoms with E-state index >= 15 is 0 Å². The fourth-order valence-electron chi connectivity index (χ4n) is 4.55. The Bertz CT molecular complexity index is 1770. The van der Waals surface area contributed by atoms with Gasteiger partial charge in [-0.3, -0.25) is 5.32 Å². The molecule has 1 aliphatic rings. The van der Waals surface area contributed by atoms with Gasteiger partial charge in [0.05, 0.1) is 41.7 Å². The molecule has 6 rings (SSSR count). The Labute approximate surface area is 240 Å². The highest BCUT2D eigenvalue weighted by Crippen LogP contribution is 2.46. The summed E-state index contributed by atoms with van der Waals surface area (Å²) in [6, 6.07) is 9.52. The second kappa shape index (κ2) is 10.7. The van der Waals surface area contributed by atoms with Crippen molar-refractivity contribution in [2.45, 2.75) is 20.0 Å². The first-order chi connectivity index (χ1) is 19.8. The van der Waals surface area contributed by atoms with Crippen LogP contribution in [0, 0.1) is 13.8 Å². The van der Waals surface area contributed by atoms with E-state index < -0.39 is 12.2 Å². The predicted molar refractivity (Wildman–Crippen MR) is 158 cm³/mol. The Hall–Kier alpha value is -4.71. The molecule has 1 amide bonds. The fourth-order valence-corrected chi connectivity index (χ4v) is 5.70. The zero-order valence-electron chi connectivity index (χ0n) is 23.2. The molecule has 1 atom stereocenters. The number of nitrogens with zero attached hydrogens (tertiary/aromatic N) is 5. The van der Waals surface area contributed by atoms with Crippen molar-refractivity contribution < 1.29 is 23.7 Å². The first-order valence-electron chi connectivity index (χ1n) is 12.9. The minimum atomic E-state index is -0.594. The van der Waals surface area contributed by atoms with Crippen molar-refractivity contribution >= 4 is 50.2 Å². The molecule has 3 aromatic heterocycles. The third-order valence-electron chi connectivity index (χ3n) is 6.55. The minimum Gasteiger partial charge on any atom is -0.484 e. The molecule has 0 spiro atoms. The number of thiazole rings is 1. The van der Waals surface area contributed by atoms with E-state index in [1.807, 2.05) is 51.0 Å². The molecular formula is C29H28N6O5S. The molecule has 210 valence electrons. The molecule has 4 heterocycles. The second-order valence-corrected chi connectivity index (χ2v) is 10.9. The van der Waals surface area contributed by atoms with Crippen molar-refractivity contribution in [1.29, 1.82) is 0 Å². The lowest BCUT2D eigenvalue weighted by Crippen LogP contribution is -2.35. The van der Waals surface area contributed by atoms with Crippen molar-refractivity contribution in [3.63, 3.8) is 0 Å². The van der Waals surface area contributed by atoms with Crippen LogP contribution in [0.15, 0.2) is 42.7 Å². The third kappa shape index (κ3) is 5.25. The molecule has 0 bridgehead atoms. The number of aromatic nitrogens is 4. The highest BCUT2D eigenvalue weighted by molar-refractivity contribution is 7.22. The number of carbonyl (C=O) groups excluding carboxylic acids is 1. The predicted octanol–water partition coefficient (Wildman–Crippen LogP) is 5.38. The second-order valence-electron chi connectivity index (χ2n) is 9.88. The normalized spacial score (nSPS) is 14.2. The summed E-state index contributed by atoms with van der Waals surface area (Å²) in [5, 5.41) is 3.49. The monoisotopic (exact) mass is 572 g/mol. The summed E-state index contributed by atoms with van der Waals surface area (Å²) in [6.45, 7) is 4.25. The molecule has 0 radical (unpaired) electrons. The van der Waals surface area contributed by atoms with E-state index in [9.17, 15) is 4.79 Å². The largest absolute Gasteiger partial charge is 0.484 e. The number of benzene rings is 2. The molecule has 2 aromatic carbocycles. The highest BCUT2D eigenvalue weighted by Gasteiger charge is 2.27. The molecule has 0 aliphatic carbocycles. The molecule has 11 nitrogen and oxygen atoms in total. The van der Waals surface area contributed by atoms with E-state index in [0.29, 0.717) is 23.1 Å². The van der Waals surface area contributed by atoms with Gasteiger partial charge in [-0.25, -0.2) is 24.7 Å². The molecule has 1 N–H and O–H groups in total. The van der Waals surface area contributed by atoms with Crippen LogP contribution in [-0.2, 0) is 4.74 Å². The van der Waals surface area contributed by atoms with E-state index in [0.717, 1.165) is 48.8 Å². The maximum Gasteiger partial charge on any atom is 0.411 e. The number of fused-ring (bicyclic) bond motifs is 4. The summed E-state index contributed by atoms with van der Waals surface area (Å²) in [6.07, 6.45) is 2.13. The van der Waals surface area contributed by atoms with Crippen LogP contribution in [0.1, 0.15) is 11.1 Å². The molecule has 41 heavy (non-hydrogen) atoms. The topological polar surface area (TPSA) is 121 Å². The summed E-state index contributed by atoms with van der Waals surface area (Å²) in [5.41, 5.74) is 5.75. The Morgan fingerprint density at radius 2 is 1.98 bits per heavy atom. The summed E-state index contributed by atoms with van der Waals surface area (Å²) < 4.78 is 23.9.